The minimum absolute atomic E-state index is 0.0401. The maximum absolute atomic E-state index is 12.3. The molecule has 0 aliphatic heterocycles. The highest BCUT2D eigenvalue weighted by molar-refractivity contribution is 7.10. The molecule has 20 heavy (non-hydrogen) atoms. The highest BCUT2D eigenvalue weighted by Crippen LogP contribution is 2.24. The predicted molar refractivity (Wildman–Crippen MR) is 76.0 cm³/mol. The number of carbonyl (C=O) groups excluding carboxylic acids is 1. The summed E-state index contributed by atoms with van der Waals surface area (Å²) in [7, 11) is 1.72. The van der Waals surface area contributed by atoms with Gasteiger partial charge in [-0.15, -0.1) is 11.3 Å². The molecule has 0 fully saturated rings. The molecule has 104 valence electrons. The van der Waals surface area contributed by atoms with Gasteiger partial charge >= 0.3 is 5.97 Å². The summed E-state index contributed by atoms with van der Waals surface area (Å²) in [6, 6.07) is 6.69. The second kappa shape index (κ2) is 5.83. The maximum Gasteiger partial charge on any atom is 0.354 e. The fourth-order valence-electron chi connectivity index (χ4n) is 1.75. The molecule has 1 N–H and O–H groups in total. The van der Waals surface area contributed by atoms with Crippen molar-refractivity contribution in [2.45, 2.75) is 13.0 Å². The highest BCUT2D eigenvalue weighted by atomic mass is 32.1. The molecule has 1 amide bonds. The number of carboxylic acids is 1. The standard InChI is InChI=1S/C14H14N2O3S/c1-9(12-4-3-7-20-12)16(2)13(17)10-5-6-11(14(18)19)15-8-10/h3-9H,1-2H3,(H,18,19). The number of pyridine rings is 1. The van der Waals surface area contributed by atoms with E-state index in [1.807, 2.05) is 24.4 Å². The zero-order valence-electron chi connectivity index (χ0n) is 11.1. The van der Waals surface area contributed by atoms with E-state index in [9.17, 15) is 9.59 Å². The number of carbonyl (C=O) groups is 2. The summed E-state index contributed by atoms with van der Waals surface area (Å²) in [6.45, 7) is 1.95. The van der Waals surface area contributed by atoms with Gasteiger partial charge in [0.2, 0.25) is 0 Å². The Morgan fingerprint density at radius 3 is 2.60 bits per heavy atom. The summed E-state index contributed by atoms with van der Waals surface area (Å²) in [6.07, 6.45) is 1.30. The smallest absolute Gasteiger partial charge is 0.354 e. The predicted octanol–water partition coefficient (Wildman–Crippen LogP) is 2.67. The van der Waals surface area contributed by atoms with Crippen molar-refractivity contribution in [3.8, 4) is 0 Å². The summed E-state index contributed by atoms with van der Waals surface area (Å²) < 4.78 is 0. The number of hydrogen-bond acceptors (Lipinski definition) is 4. The first kappa shape index (κ1) is 14.2. The van der Waals surface area contributed by atoms with Gasteiger partial charge in [0, 0.05) is 18.1 Å². The molecule has 1 unspecified atom stereocenters. The Morgan fingerprint density at radius 2 is 2.10 bits per heavy atom. The lowest BCUT2D eigenvalue weighted by molar-refractivity contribution is 0.0686. The van der Waals surface area contributed by atoms with Gasteiger partial charge in [-0.05, 0) is 30.5 Å². The molecule has 0 saturated heterocycles. The van der Waals surface area contributed by atoms with Crippen LogP contribution < -0.4 is 0 Å². The molecule has 0 aliphatic rings. The lowest BCUT2D eigenvalue weighted by Crippen LogP contribution is -2.29. The second-order valence-corrected chi connectivity index (χ2v) is 5.32. The molecule has 2 rings (SSSR count). The van der Waals surface area contributed by atoms with Crippen LogP contribution in [0.3, 0.4) is 0 Å². The normalized spacial score (nSPS) is 11.9. The van der Waals surface area contributed by atoms with Gasteiger partial charge in [-0.1, -0.05) is 6.07 Å². The number of nitrogens with zero attached hydrogens (tertiary/aromatic N) is 2. The average Bonchev–Trinajstić information content (AvgIpc) is 2.99. The first-order valence-corrected chi connectivity index (χ1v) is 6.88. The fraction of sp³-hybridized carbons (Fsp3) is 0.214. The Kier molecular flexibility index (Phi) is 4.14. The Bertz CT molecular complexity index is 608. The summed E-state index contributed by atoms with van der Waals surface area (Å²) >= 11 is 1.59. The van der Waals surface area contributed by atoms with E-state index < -0.39 is 5.97 Å². The largest absolute Gasteiger partial charge is 0.477 e. The summed E-state index contributed by atoms with van der Waals surface area (Å²) in [5, 5.41) is 10.7. The molecule has 5 nitrogen and oxygen atoms in total. The molecule has 2 aromatic rings. The zero-order valence-corrected chi connectivity index (χ0v) is 11.9. The molecule has 0 aliphatic carbocycles. The minimum atomic E-state index is -1.11. The summed E-state index contributed by atoms with van der Waals surface area (Å²) in [5.74, 6) is -1.29. The molecule has 0 radical (unpaired) electrons. The molecule has 0 bridgehead atoms. The lowest BCUT2D eigenvalue weighted by Gasteiger charge is -2.24. The number of carboxylic acid groups (broad SMARTS) is 1. The number of thiophene rings is 1. The molecule has 6 heteroatoms. The van der Waals surface area contributed by atoms with Gasteiger partial charge < -0.3 is 10.0 Å². The molecule has 0 spiro atoms. The third-order valence-electron chi connectivity index (χ3n) is 3.09. The van der Waals surface area contributed by atoms with Crippen molar-refractivity contribution in [1.82, 2.24) is 9.88 Å². The second-order valence-electron chi connectivity index (χ2n) is 4.34. The van der Waals surface area contributed by atoms with Crippen LogP contribution in [-0.2, 0) is 0 Å². The SMILES string of the molecule is CC(c1cccs1)N(C)C(=O)c1ccc(C(=O)O)nc1. The van der Waals surface area contributed by atoms with E-state index in [0.29, 0.717) is 5.56 Å². The van der Waals surface area contributed by atoms with Crippen LogP contribution in [0.4, 0.5) is 0 Å². The number of hydrogen-bond donors (Lipinski definition) is 1. The van der Waals surface area contributed by atoms with Crippen molar-refractivity contribution in [1.29, 1.82) is 0 Å². The first-order chi connectivity index (χ1) is 9.50. The van der Waals surface area contributed by atoms with Crippen LogP contribution in [0.15, 0.2) is 35.8 Å². The maximum atomic E-state index is 12.3. The third-order valence-corrected chi connectivity index (χ3v) is 4.13. The van der Waals surface area contributed by atoms with E-state index in [2.05, 4.69) is 4.98 Å². The number of rotatable bonds is 4. The quantitative estimate of drug-likeness (QED) is 0.939. The van der Waals surface area contributed by atoms with Gasteiger partial charge in [-0.25, -0.2) is 9.78 Å². The van der Waals surface area contributed by atoms with Gasteiger partial charge in [0.05, 0.1) is 11.6 Å². The zero-order chi connectivity index (χ0) is 14.7. The van der Waals surface area contributed by atoms with Crippen molar-refractivity contribution < 1.29 is 14.7 Å². The van der Waals surface area contributed by atoms with E-state index in [1.165, 1.54) is 18.3 Å². The van der Waals surface area contributed by atoms with Crippen molar-refractivity contribution >= 4 is 23.2 Å². The van der Waals surface area contributed by atoms with Gasteiger partial charge in [0.1, 0.15) is 5.69 Å². The van der Waals surface area contributed by atoms with E-state index in [-0.39, 0.29) is 17.6 Å². The van der Waals surface area contributed by atoms with E-state index in [4.69, 9.17) is 5.11 Å². The number of aromatic carboxylic acids is 1. The van der Waals surface area contributed by atoms with Crippen LogP contribution >= 0.6 is 11.3 Å². The minimum Gasteiger partial charge on any atom is -0.477 e. The summed E-state index contributed by atoms with van der Waals surface area (Å²) in [5.41, 5.74) is 0.302. The Morgan fingerprint density at radius 1 is 1.35 bits per heavy atom. The van der Waals surface area contributed by atoms with Crippen LogP contribution in [0, 0.1) is 0 Å². The Balaban J connectivity index is 2.16. The summed E-state index contributed by atoms with van der Waals surface area (Å²) in [4.78, 5) is 29.5. The first-order valence-electron chi connectivity index (χ1n) is 6.00. The van der Waals surface area contributed by atoms with E-state index >= 15 is 0 Å². The Hall–Kier alpha value is -2.21. The van der Waals surface area contributed by atoms with Crippen LogP contribution in [0.2, 0.25) is 0 Å². The average molecular weight is 290 g/mol. The van der Waals surface area contributed by atoms with Gasteiger partial charge in [0.25, 0.3) is 5.91 Å². The molecule has 0 aromatic carbocycles. The molecule has 2 heterocycles. The van der Waals surface area contributed by atoms with E-state index in [1.54, 1.807) is 23.3 Å². The van der Waals surface area contributed by atoms with E-state index in [0.717, 1.165) is 4.88 Å². The molecular formula is C14H14N2O3S. The lowest BCUT2D eigenvalue weighted by atomic mass is 10.2. The molecule has 2 aromatic heterocycles. The fourth-order valence-corrected chi connectivity index (χ4v) is 2.57. The molecule has 1 atom stereocenters. The van der Waals surface area contributed by atoms with Crippen LogP contribution in [0.5, 0.6) is 0 Å². The van der Waals surface area contributed by atoms with Crippen LogP contribution in [-0.4, -0.2) is 33.9 Å². The van der Waals surface area contributed by atoms with Crippen LogP contribution in [0.1, 0.15) is 38.7 Å². The Labute approximate surface area is 120 Å². The molecule has 0 saturated carbocycles. The topological polar surface area (TPSA) is 70.5 Å². The number of aromatic nitrogens is 1. The van der Waals surface area contributed by atoms with Crippen molar-refractivity contribution in [3.63, 3.8) is 0 Å². The number of amides is 1. The van der Waals surface area contributed by atoms with Crippen LogP contribution in [0.25, 0.3) is 0 Å². The third kappa shape index (κ3) is 2.85. The van der Waals surface area contributed by atoms with Gasteiger partial charge in [-0.3, -0.25) is 4.79 Å². The van der Waals surface area contributed by atoms with Gasteiger partial charge in [-0.2, -0.15) is 0 Å². The monoisotopic (exact) mass is 290 g/mol. The van der Waals surface area contributed by atoms with Crippen molar-refractivity contribution in [2.75, 3.05) is 7.05 Å². The van der Waals surface area contributed by atoms with Gasteiger partial charge in [0.15, 0.2) is 0 Å². The highest BCUT2D eigenvalue weighted by Gasteiger charge is 2.20. The van der Waals surface area contributed by atoms with Crippen molar-refractivity contribution in [3.05, 3.63) is 52.0 Å². The molecular weight excluding hydrogens is 276 g/mol. The van der Waals surface area contributed by atoms with Crippen molar-refractivity contribution in [2.24, 2.45) is 0 Å².